The number of benzene rings is 1. The van der Waals surface area contributed by atoms with Crippen LogP contribution >= 0.6 is 11.3 Å². The van der Waals surface area contributed by atoms with Gasteiger partial charge in [0, 0.05) is 38.1 Å². The number of allylic oxidation sites excluding steroid dienone is 5. The third-order valence-electron chi connectivity index (χ3n) is 8.94. The highest BCUT2D eigenvalue weighted by Gasteiger charge is 2.48. The molecule has 2 aromatic heterocycles. The van der Waals surface area contributed by atoms with Gasteiger partial charge < -0.3 is 20.1 Å². The molecule has 1 aromatic carbocycles. The van der Waals surface area contributed by atoms with E-state index in [1.807, 2.05) is 40.5 Å². The number of nitrogens with zero attached hydrogens (tertiary/aromatic N) is 2. The van der Waals surface area contributed by atoms with Gasteiger partial charge in [-0.05, 0) is 84.0 Å². The van der Waals surface area contributed by atoms with Crippen molar-refractivity contribution in [3.63, 3.8) is 0 Å². The van der Waals surface area contributed by atoms with Gasteiger partial charge in [-0.1, -0.05) is 68.8 Å². The van der Waals surface area contributed by atoms with Crippen molar-refractivity contribution < 1.29 is 9.59 Å². The van der Waals surface area contributed by atoms with E-state index < -0.39 is 5.41 Å². The summed E-state index contributed by atoms with van der Waals surface area (Å²) < 4.78 is 1.99. The van der Waals surface area contributed by atoms with Crippen LogP contribution in [0.3, 0.4) is 0 Å². The summed E-state index contributed by atoms with van der Waals surface area (Å²) in [5.41, 5.74) is 4.90. The van der Waals surface area contributed by atoms with Crippen LogP contribution in [0.2, 0.25) is 0 Å². The number of hydrogen-bond acceptors (Lipinski definition) is 4. The molecule has 1 saturated heterocycles. The van der Waals surface area contributed by atoms with Crippen molar-refractivity contribution in [1.82, 2.24) is 20.1 Å². The first-order valence-electron chi connectivity index (χ1n) is 15.7. The molecule has 0 saturated carbocycles. The predicted octanol–water partition coefficient (Wildman–Crippen LogP) is 6.51. The lowest BCUT2D eigenvalue weighted by molar-refractivity contribution is -0.125. The van der Waals surface area contributed by atoms with Crippen molar-refractivity contribution in [2.45, 2.75) is 57.4 Å². The molecule has 0 bridgehead atoms. The van der Waals surface area contributed by atoms with E-state index in [1.165, 1.54) is 22.5 Å². The Kier molecular flexibility index (Phi) is 8.82. The second-order valence-corrected chi connectivity index (χ2v) is 13.3. The van der Waals surface area contributed by atoms with Crippen molar-refractivity contribution in [1.29, 1.82) is 0 Å². The summed E-state index contributed by atoms with van der Waals surface area (Å²) >= 11 is 1.49. The molecule has 43 heavy (non-hydrogen) atoms. The predicted molar refractivity (Wildman–Crippen MR) is 176 cm³/mol. The molecule has 2 aliphatic carbocycles. The lowest BCUT2D eigenvalue weighted by Gasteiger charge is -2.32. The third-order valence-corrected chi connectivity index (χ3v) is 9.85. The molecule has 2 N–H and O–H groups in total. The van der Waals surface area contributed by atoms with E-state index in [2.05, 4.69) is 78.0 Å². The topological polar surface area (TPSA) is 66.4 Å². The van der Waals surface area contributed by atoms with Gasteiger partial charge in [0.2, 0.25) is 5.91 Å². The van der Waals surface area contributed by atoms with E-state index in [9.17, 15) is 9.59 Å². The van der Waals surface area contributed by atoms with Gasteiger partial charge in [0.15, 0.2) is 0 Å². The summed E-state index contributed by atoms with van der Waals surface area (Å²) in [7, 11) is 0. The fraction of sp³-hybridized carbons (Fsp3) is 0.389. The number of nitrogens with one attached hydrogen (secondary N) is 2. The molecule has 0 spiro atoms. The number of aromatic nitrogens is 1. The Balaban J connectivity index is 1.10. The van der Waals surface area contributed by atoms with Crippen molar-refractivity contribution in [2.24, 2.45) is 5.92 Å². The molecule has 1 aliphatic heterocycles. The SMILES string of the molecule is CC(C)CNC(=O)C1(CCCCN2CCC(NC(=O)c3sccc3-n3cccc3)C2)C2=C(C=CCC=C2)c2ccccc21. The second-order valence-electron chi connectivity index (χ2n) is 12.4. The zero-order valence-corrected chi connectivity index (χ0v) is 26.0. The molecule has 2 unspecified atom stereocenters. The highest BCUT2D eigenvalue weighted by atomic mass is 32.1. The van der Waals surface area contributed by atoms with Crippen LogP contribution in [0.5, 0.6) is 0 Å². The van der Waals surface area contributed by atoms with Crippen LogP contribution in [0.25, 0.3) is 11.3 Å². The number of fused-ring (bicyclic) bond motifs is 2. The largest absolute Gasteiger partial charge is 0.355 e. The van der Waals surface area contributed by atoms with E-state index in [0.717, 1.165) is 73.4 Å². The lowest BCUT2D eigenvalue weighted by atomic mass is 9.72. The van der Waals surface area contributed by atoms with Crippen LogP contribution in [0.4, 0.5) is 0 Å². The van der Waals surface area contributed by atoms with Crippen molar-refractivity contribution in [2.75, 3.05) is 26.2 Å². The van der Waals surface area contributed by atoms with Gasteiger partial charge in [0.25, 0.3) is 5.91 Å². The van der Waals surface area contributed by atoms with Gasteiger partial charge in [0.1, 0.15) is 10.3 Å². The third kappa shape index (κ3) is 5.93. The zero-order chi connectivity index (χ0) is 29.8. The van der Waals surface area contributed by atoms with Crippen LogP contribution in [0.1, 0.15) is 66.8 Å². The molecule has 0 radical (unpaired) electrons. The smallest absolute Gasteiger partial charge is 0.263 e. The summed E-state index contributed by atoms with van der Waals surface area (Å²) in [6, 6.07) is 14.6. The number of carbonyl (C=O) groups is 2. The molecule has 3 aliphatic rings. The molecule has 1 fully saturated rings. The van der Waals surface area contributed by atoms with Gasteiger partial charge in [-0.15, -0.1) is 11.3 Å². The minimum Gasteiger partial charge on any atom is -0.355 e. The molecule has 6 rings (SSSR count). The molecular formula is C36H42N4O2S. The Hall–Kier alpha value is -3.68. The normalized spacial score (nSPS) is 21.2. The van der Waals surface area contributed by atoms with Crippen LogP contribution < -0.4 is 10.6 Å². The molecule has 2 atom stereocenters. The minimum absolute atomic E-state index is 0.00869. The molecule has 6 nitrogen and oxygen atoms in total. The maximum Gasteiger partial charge on any atom is 0.263 e. The zero-order valence-electron chi connectivity index (χ0n) is 25.2. The Morgan fingerprint density at radius 2 is 1.86 bits per heavy atom. The number of likely N-dealkylation sites (tertiary alicyclic amines) is 1. The molecule has 2 amide bonds. The summed E-state index contributed by atoms with van der Waals surface area (Å²) in [5.74, 6) is 0.518. The average molecular weight is 595 g/mol. The van der Waals surface area contributed by atoms with Gasteiger partial charge in [-0.25, -0.2) is 0 Å². The van der Waals surface area contributed by atoms with E-state index in [1.54, 1.807) is 0 Å². The fourth-order valence-corrected chi connectivity index (χ4v) is 7.64. The molecule has 3 heterocycles. The maximum absolute atomic E-state index is 14.1. The van der Waals surface area contributed by atoms with Crippen LogP contribution in [-0.4, -0.2) is 53.5 Å². The number of thiophene rings is 1. The summed E-state index contributed by atoms with van der Waals surface area (Å²) in [4.78, 5) is 30.5. The highest BCUT2D eigenvalue weighted by molar-refractivity contribution is 7.12. The average Bonchev–Trinajstić information content (AvgIpc) is 3.80. The summed E-state index contributed by atoms with van der Waals surface area (Å²) in [6.45, 7) is 7.76. The van der Waals surface area contributed by atoms with Crippen molar-refractivity contribution in [3.8, 4) is 5.69 Å². The Morgan fingerprint density at radius 1 is 1.05 bits per heavy atom. The first-order valence-corrected chi connectivity index (χ1v) is 16.6. The van der Waals surface area contributed by atoms with Crippen LogP contribution in [0, 0.1) is 5.92 Å². The monoisotopic (exact) mass is 594 g/mol. The Morgan fingerprint density at radius 3 is 2.70 bits per heavy atom. The van der Waals surface area contributed by atoms with E-state index >= 15 is 0 Å². The summed E-state index contributed by atoms with van der Waals surface area (Å²) in [5, 5.41) is 8.57. The molecule has 3 aromatic rings. The lowest BCUT2D eigenvalue weighted by Crippen LogP contribution is -2.46. The maximum atomic E-state index is 14.1. The minimum atomic E-state index is -0.675. The summed E-state index contributed by atoms with van der Waals surface area (Å²) in [6.07, 6.45) is 17.3. The molecule has 224 valence electrons. The fourth-order valence-electron chi connectivity index (χ4n) is 6.85. The first kappa shape index (κ1) is 29.4. The number of unbranched alkanes of at least 4 members (excludes halogenated alkanes) is 1. The standard InChI is InChI=1S/C36H42N4O2S/c1-26(2)24-37-35(42)36(30-14-5-3-4-12-28(30)29-13-6-7-15-31(29)36)18-8-9-19-39-22-16-27(25-39)38-34(41)33-32(17-23-43-33)40-20-10-11-21-40/h4-7,10-15,17,20-21,23,26-27H,3,8-9,16,18-19,22,24-25H2,1-2H3,(H,37,42)(H,38,41). The van der Waals surface area contributed by atoms with Gasteiger partial charge in [0.05, 0.1) is 5.69 Å². The van der Waals surface area contributed by atoms with E-state index in [4.69, 9.17) is 0 Å². The van der Waals surface area contributed by atoms with Crippen molar-refractivity contribution in [3.05, 3.63) is 106 Å². The van der Waals surface area contributed by atoms with Crippen LogP contribution in [-0.2, 0) is 10.2 Å². The Bertz CT molecular complexity index is 1550. The number of carbonyl (C=O) groups excluding carboxylic acids is 2. The van der Waals surface area contributed by atoms with Gasteiger partial charge >= 0.3 is 0 Å². The van der Waals surface area contributed by atoms with E-state index in [-0.39, 0.29) is 17.9 Å². The first-order chi connectivity index (χ1) is 21.0. The Labute approximate surface area is 259 Å². The number of amides is 2. The number of hydrogen-bond donors (Lipinski definition) is 2. The van der Waals surface area contributed by atoms with E-state index in [0.29, 0.717) is 12.5 Å². The van der Waals surface area contributed by atoms with Gasteiger partial charge in [-0.2, -0.15) is 0 Å². The molecular weight excluding hydrogens is 552 g/mol. The van der Waals surface area contributed by atoms with Crippen LogP contribution in [0.15, 0.2) is 90.1 Å². The second kappa shape index (κ2) is 12.9. The quantitative estimate of drug-likeness (QED) is 0.249. The van der Waals surface area contributed by atoms with Crippen molar-refractivity contribution >= 4 is 28.7 Å². The highest BCUT2D eigenvalue weighted by Crippen LogP contribution is 2.51. The molecule has 7 heteroatoms. The number of rotatable bonds is 11. The van der Waals surface area contributed by atoms with Gasteiger partial charge in [-0.3, -0.25) is 9.59 Å².